The number of hydrogen-bond donors (Lipinski definition) is 3. The number of alkyl carbamates (subject to hydrolysis) is 1. The molecule has 3 N–H and O–H groups in total. The highest BCUT2D eigenvalue weighted by Crippen LogP contribution is 2.29. The van der Waals surface area contributed by atoms with Crippen molar-refractivity contribution in [2.75, 3.05) is 20.3 Å². The van der Waals surface area contributed by atoms with E-state index in [1.807, 2.05) is 13.8 Å². The Kier molecular flexibility index (Phi) is 13.8. The van der Waals surface area contributed by atoms with Crippen LogP contribution in [-0.4, -0.2) is 61.2 Å². The van der Waals surface area contributed by atoms with Gasteiger partial charge in [0.2, 0.25) is 5.91 Å². The summed E-state index contributed by atoms with van der Waals surface area (Å²) in [4.78, 5) is 25.8. The lowest BCUT2D eigenvalue weighted by atomic mass is 9.80. The fraction of sp³-hybridized carbons (Fsp3) is 0.750. The van der Waals surface area contributed by atoms with Crippen LogP contribution in [0.15, 0.2) is 18.2 Å². The first-order valence-corrected chi connectivity index (χ1v) is 15.1. The molecule has 1 aromatic rings. The van der Waals surface area contributed by atoms with Crippen LogP contribution in [0.2, 0.25) is 0 Å². The van der Waals surface area contributed by atoms with Gasteiger partial charge in [0.25, 0.3) is 0 Å². The SMILES string of the molecule is COCCCOc1cc(CC(CC(NC(=O)OC(C)(C)C)C(O)CC(C(=O)NC2CC2)C(C)C)C(C)C)ccc1F. The van der Waals surface area contributed by atoms with Gasteiger partial charge in [-0.1, -0.05) is 33.8 Å². The molecule has 0 heterocycles. The van der Waals surface area contributed by atoms with Crippen molar-refractivity contribution >= 4 is 12.0 Å². The maximum Gasteiger partial charge on any atom is 0.407 e. The van der Waals surface area contributed by atoms with E-state index in [2.05, 4.69) is 24.5 Å². The molecule has 2 rings (SSSR count). The van der Waals surface area contributed by atoms with E-state index in [0.29, 0.717) is 32.5 Å². The summed E-state index contributed by atoms with van der Waals surface area (Å²) in [6.45, 7) is 14.4. The predicted molar refractivity (Wildman–Crippen MR) is 158 cm³/mol. The average molecular weight is 581 g/mol. The van der Waals surface area contributed by atoms with Crippen molar-refractivity contribution in [1.29, 1.82) is 0 Å². The fourth-order valence-electron chi connectivity index (χ4n) is 4.80. The van der Waals surface area contributed by atoms with Gasteiger partial charge < -0.3 is 30.0 Å². The minimum Gasteiger partial charge on any atom is -0.490 e. The first-order valence-electron chi connectivity index (χ1n) is 15.1. The highest BCUT2D eigenvalue weighted by Gasteiger charge is 2.35. The summed E-state index contributed by atoms with van der Waals surface area (Å²) in [5.41, 5.74) is 0.205. The van der Waals surface area contributed by atoms with Crippen LogP contribution >= 0.6 is 0 Å². The van der Waals surface area contributed by atoms with Crippen LogP contribution < -0.4 is 15.4 Å². The van der Waals surface area contributed by atoms with Gasteiger partial charge in [0.05, 0.1) is 18.8 Å². The molecule has 234 valence electrons. The zero-order valence-corrected chi connectivity index (χ0v) is 26.3. The Morgan fingerprint density at radius 2 is 1.76 bits per heavy atom. The van der Waals surface area contributed by atoms with Crippen LogP contribution in [0.25, 0.3) is 0 Å². The van der Waals surface area contributed by atoms with Crippen molar-refractivity contribution in [3.05, 3.63) is 29.6 Å². The van der Waals surface area contributed by atoms with Gasteiger partial charge in [-0.15, -0.1) is 0 Å². The molecule has 2 amide bonds. The number of rotatable bonds is 17. The van der Waals surface area contributed by atoms with E-state index >= 15 is 0 Å². The molecule has 1 fully saturated rings. The molecule has 41 heavy (non-hydrogen) atoms. The van der Waals surface area contributed by atoms with Gasteiger partial charge in [-0.3, -0.25) is 4.79 Å². The molecule has 0 aliphatic heterocycles. The van der Waals surface area contributed by atoms with E-state index < -0.39 is 29.7 Å². The predicted octanol–water partition coefficient (Wildman–Crippen LogP) is 5.64. The molecule has 1 aliphatic rings. The number of carbonyl (C=O) groups is 2. The number of amides is 2. The van der Waals surface area contributed by atoms with Crippen molar-refractivity contribution in [2.24, 2.45) is 23.7 Å². The number of methoxy groups -OCH3 is 1. The zero-order chi connectivity index (χ0) is 30.7. The van der Waals surface area contributed by atoms with Gasteiger partial charge in [0.15, 0.2) is 11.6 Å². The van der Waals surface area contributed by atoms with E-state index in [-0.39, 0.29) is 47.8 Å². The Balaban J connectivity index is 2.22. The molecule has 1 saturated carbocycles. The summed E-state index contributed by atoms with van der Waals surface area (Å²) in [5, 5.41) is 17.4. The normalized spacial score (nSPS) is 16.7. The van der Waals surface area contributed by atoms with Gasteiger partial charge in [0, 0.05) is 32.1 Å². The van der Waals surface area contributed by atoms with Crippen molar-refractivity contribution in [3.8, 4) is 5.75 Å². The van der Waals surface area contributed by atoms with E-state index in [9.17, 15) is 19.1 Å². The Morgan fingerprint density at radius 3 is 2.32 bits per heavy atom. The van der Waals surface area contributed by atoms with Gasteiger partial charge in [-0.2, -0.15) is 0 Å². The lowest BCUT2D eigenvalue weighted by molar-refractivity contribution is -0.127. The quantitative estimate of drug-likeness (QED) is 0.206. The molecule has 4 unspecified atom stereocenters. The maximum absolute atomic E-state index is 14.4. The molecule has 0 bridgehead atoms. The molecule has 4 atom stereocenters. The van der Waals surface area contributed by atoms with E-state index in [0.717, 1.165) is 18.4 Å². The molecule has 0 radical (unpaired) electrons. The number of aliphatic hydroxyl groups excluding tert-OH is 1. The van der Waals surface area contributed by atoms with Crippen LogP contribution in [0.5, 0.6) is 5.75 Å². The van der Waals surface area contributed by atoms with Crippen LogP contribution in [0.3, 0.4) is 0 Å². The van der Waals surface area contributed by atoms with Crippen LogP contribution in [0, 0.1) is 29.5 Å². The number of hydrogen-bond acceptors (Lipinski definition) is 6. The summed E-state index contributed by atoms with van der Waals surface area (Å²) in [6.07, 6.45) is 2.33. The zero-order valence-electron chi connectivity index (χ0n) is 26.3. The molecule has 0 spiro atoms. The topological polar surface area (TPSA) is 106 Å². The fourth-order valence-corrected chi connectivity index (χ4v) is 4.80. The largest absolute Gasteiger partial charge is 0.490 e. The van der Waals surface area contributed by atoms with Gasteiger partial charge in [-0.05, 0) is 88.3 Å². The highest BCUT2D eigenvalue weighted by atomic mass is 19.1. The molecule has 1 aromatic carbocycles. The minimum absolute atomic E-state index is 0.0213. The maximum atomic E-state index is 14.4. The first-order chi connectivity index (χ1) is 19.2. The van der Waals surface area contributed by atoms with Crippen LogP contribution in [0.1, 0.15) is 86.1 Å². The highest BCUT2D eigenvalue weighted by molar-refractivity contribution is 5.79. The molecular weight excluding hydrogens is 527 g/mol. The Labute approximate surface area is 246 Å². The van der Waals surface area contributed by atoms with Crippen molar-refractivity contribution in [3.63, 3.8) is 0 Å². The van der Waals surface area contributed by atoms with Gasteiger partial charge in [0.1, 0.15) is 5.60 Å². The Hall–Kier alpha value is -2.39. The minimum atomic E-state index is -0.964. The van der Waals surface area contributed by atoms with E-state index in [1.54, 1.807) is 40.0 Å². The van der Waals surface area contributed by atoms with Crippen molar-refractivity contribution < 1.29 is 33.3 Å². The number of halogens is 1. The summed E-state index contributed by atoms with van der Waals surface area (Å²) in [7, 11) is 1.61. The standard InChI is InChI=1S/C32H53FN2O6/c1-20(2)23(16-22-10-13-26(33)29(17-22)40-15-9-14-39-8)18-27(35-31(38)41-32(5,6)7)28(36)19-25(21(3)4)30(37)34-24-11-12-24/h10,13,17,20-21,23-25,27-28,36H,9,11-12,14-16,18-19H2,1-8H3,(H,34,37)(H,35,38). The second kappa shape index (κ2) is 16.3. The third-order valence-electron chi connectivity index (χ3n) is 7.47. The van der Waals surface area contributed by atoms with E-state index in [4.69, 9.17) is 14.2 Å². The van der Waals surface area contributed by atoms with Crippen LogP contribution in [0.4, 0.5) is 9.18 Å². The Morgan fingerprint density at radius 1 is 1.07 bits per heavy atom. The molecule has 0 aromatic heterocycles. The average Bonchev–Trinajstić information content (AvgIpc) is 3.68. The smallest absolute Gasteiger partial charge is 0.407 e. The summed E-state index contributed by atoms with van der Waals surface area (Å²) in [5.74, 6) is -0.409. The third-order valence-corrected chi connectivity index (χ3v) is 7.47. The van der Waals surface area contributed by atoms with Gasteiger partial charge >= 0.3 is 6.09 Å². The first kappa shape index (κ1) is 34.8. The summed E-state index contributed by atoms with van der Waals surface area (Å²) in [6, 6.07) is 4.47. The molecule has 8 nitrogen and oxygen atoms in total. The van der Waals surface area contributed by atoms with Crippen molar-refractivity contribution in [2.45, 2.75) is 111 Å². The Bertz CT molecular complexity index is 960. The number of aliphatic hydroxyl groups is 1. The van der Waals surface area contributed by atoms with E-state index in [1.165, 1.54) is 6.07 Å². The second-order valence-corrected chi connectivity index (χ2v) is 13.1. The second-order valence-electron chi connectivity index (χ2n) is 13.1. The molecule has 9 heteroatoms. The van der Waals surface area contributed by atoms with Crippen LogP contribution in [-0.2, 0) is 20.7 Å². The number of benzene rings is 1. The lowest BCUT2D eigenvalue weighted by Crippen LogP contribution is -2.49. The van der Waals surface area contributed by atoms with Crippen molar-refractivity contribution in [1.82, 2.24) is 10.6 Å². The van der Waals surface area contributed by atoms with Gasteiger partial charge in [-0.25, -0.2) is 9.18 Å². The summed E-state index contributed by atoms with van der Waals surface area (Å²) < 4.78 is 30.6. The number of carbonyl (C=O) groups excluding carboxylic acids is 2. The number of nitrogens with one attached hydrogen (secondary N) is 2. The third kappa shape index (κ3) is 13.0. The monoisotopic (exact) mass is 580 g/mol. The lowest BCUT2D eigenvalue weighted by Gasteiger charge is -2.33. The number of ether oxygens (including phenoxy) is 3. The molecular formula is C32H53FN2O6. The molecule has 1 aliphatic carbocycles. The molecule has 0 saturated heterocycles. The summed E-state index contributed by atoms with van der Waals surface area (Å²) >= 11 is 0.